The Kier molecular flexibility index (Phi) is 5.40. The van der Waals surface area contributed by atoms with Crippen molar-refractivity contribution in [1.29, 1.82) is 0 Å². The maximum atomic E-state index is 11.5. The molecule has 0 atom stereocenters. The zero-order valence-corrected chi connectivity index (χ0v) is 12.4. The van der Waals surface area contributed by atoms with Crippen LogP contribution in [0.25, 0.3) is 0 Å². The van der Waals surface area contributed by atoms with Gasteiger partial charge in [-0.25, -0.2) is 0 Å². The van der Waals surface area contributed by atoms with E-state index in [-0.39, 0.29) is 12.5 Å². The Balaban J connectivity index is 1.92. The SMILES string of the molecule is CCn1ccc(CNc2cccc(NC(=O)COC)c2)c1. The maximum Gasteiger partial charge on any atom is 0.250 e. The van der Waals surface area contributed by atoms with E-state index in [2.05, 4.69) is 40.6 Å². The molecule has 2 rings (SSSR count). The number of methoxy groups -OCH3 is 1. The van der Waals surface area contributed by atoms with Crippen molar-refractivity contribution in [2.24, 2.45) is 0 Å². The zero-order chi connectivity index (χ0) is 15.1. The van der Waals surface area contributed by atoms with E-state index in [1.807, 2.05) is 24.3 Å². The van der Waals surface area contributed by atoms with Gasteiger partial charge in [-0.2, -0.15) is 0 Å². The highest BCUT2D eigenvalue weighted by Gasteiger charge is 2.02. The minimum atomic E-state index is -0.158. The average molecular weight is 287 g/mol. The fourth-order valence-corrected chi connectivity index (χ4v) is 2.03. The number of hydrogen-bond donors (Lipinski definition) is 2. The second-order valence-electron chi connectivity index (χ2n) is 4.77. The number of amides is 1. The lowest BCUT2D eigenvalue weighted by Crippen LogP contribution is -2.17. The van der Waals surface area contributed by atoms with Gasteiger partial charge in [0.1, 0.15) is 6.61 Å². The Bertz CT molecular complexity index is 593. The van der Waals surface area contributed by atoms with Crippen LogP contribution in [0, 0.1) is 0 Å². The van der Waals surface area contributed by atoms with Crippen LogP contribution in [0.3, 0.4) is 0 Å². The molecule has 2 N–H and O–H groups in total. The van der Waals surface area contributed by atoms with Crippen molar-refractivity contribution < 1.29 is 9.53 Å². The molecule has 5 heteroatoms. The minimum Gasteiger partial charge on any atom is -0.381 e. The van der Waals surface area contributed by atoms with Crippen LogP contribution in [-0.4, -0.2) is 24.2 Å². The van der Waals surface area contributed by atoms with Gasteiger partial charge in [0.15, 0.2) is 0 Å². The molecule has 1 heterocycles. The second kappa shape index (κ2) is 7.50. The van der Waals surface area contributed by atoms with Gasteiger partial charge in [0.25, 0.3) is 0 Å². The molecule has 1 aromatic carbocycles. The third kappa shape index (κ3) is 4.65. The topological polar surface area (TPSA) is 55.3 Å². The Morgan fingerprint density at radius 3 is 2.81 bits per heavy atom. The fourth-order valence-electron chi connectivity index (χ4n) is 2.03. The Morgan fingerprint density at radius 2 is 2.10 bits per heavy atom. The molecule has 0 aliphatic heterocycles. The third-order valence-corrected chi connectivity index (χ3v) is 3.10. The summed E-state index contributed by atoms with van der Waals surface area (Å²) in [7, 11) is 1.50. The number of anilines is 2. The highest BCUT2D eigenvalue weighted by molar-refractivity contribution is 5.92. The molecule has 0 fully saturated rings. The molecule has 2 aromatic rings. The van der Waals surface area contributed by atoms with Crippen LogP contribution in [0.15, 0.2) is 42.7 Å². The number of rotatable bonds is 7. The molecule has 21 heavy (non-hydrogen) atoms. The molecule has 1 amide bonds. The first-order chi connectivity index (χ1) is 10.2. The Labute approximate surface area is 124 Å². The molecule has 0 spiro atoms. The Morgan fingerprint density at radius 1 is 1.29 bits per heavy atom. The first-order valence-electron chi connectivity index (χ1n) is 6.98. The van der Waals surface area contributed by atoms with Gasteiger partial charge in [-0.15, -0.1) is 0 Å². The van der Waals surface area contributed by atoms with Gasteiger partial charge in [-0.3, -0.25) is 4.79 Å². The van der Waals surface area contributed by atoms with Crippen LogP contribution in [0.4, 0.5) is 11.4 Å². The summed E-state index contributed by atoms with van der Waals surface area (Å²) in [5.74, 6) is -0.158. The van der Waals surface area contributed by atoms with Crippen LogP contribution >= 0.6 is 0 Å². The van der Waals surface area contributed by atoms with E-state index in [1.165, 1.54) is 12.7 Å². The molecule has 1 aromatic heterocycles. The highest BCUT2D eigenvalue weighted by atomic mass is 16.5. The number of nitrogens with zero attached hydrogens (tertiary/aromatic N) is 1. The largest absolute Gasteiger partial charge is 0.381 e. The summed E-state index contributed by atoms with van der Waals surface area (Å²) in [5.41, 5.74) is 2.95. The number of carbonyl (C=O) groups excluding carboxylic acids is 1. The quantitative estimate of drug-likeness (QED) is 0.823. The summed E-state index contributed by atoms with van der Waals surface area (Å²) in [6.07, 6.45) is 4.19. The second-order valence-corrected chi connectivity index (χ2v) is 4.77. The molecule has 0 bridgehead atoms. The maximum absolute atomic E-state index is 11.5. The predicted octanol–water partition coefficient (Wildman–Crippen LogP) is 2.71. The van der Waals surface area contributed by atoms with Gasteiger partial charge in [0, 0.05) is 44.0 Å². The number of benzene rings is 1. The normalized spacial score (nSPS) is 10.4. The molecule has 0 aliphatic carbocycles. The summed E-state index contributed by atoms with van der Waals surface area (Å²) in [5, 5.41) is 6.13. The van der Waals surface area contributed by atoms with Crippen molar-refractivity contribution >= 4 is 17.3 Å². The lowest BCUT2D eigenvalue weighted by molar-refractivity contribution is -0.119. The average Bonchev–Trinajstić information content (AvgIpc) is 2.94. The Hall–Kier alpha value is -2.27. The molecule has 0 radical (unpaired) electrons. The standard InChI is InChI=1S/C16H21N3O2/c1-3-19-8-7-13(11-19)10-17-14-5-4-6-15(9-14)18-16(20)12-21-2/h4-9,11,17H,3,10,12H2,1-2H3,(H,18,20). The molecule has 5 nitrogen and oxygen atoms in total. The number of nitrogens with one attached hydrogen (secondary N) is 2. The predicted molar refractivity (Wildman–Crippen MR) is 84.4 cm³/mol. The van der Waals surface area contributed by atoms with Crippen molar-refractivity contribution in [3.8, 4) is 0 Å². The minimum absolute atomic E-state index is 0.0577. The number of aryl methyl sites for hydroxylation is 1. The molecule has 0 aliphatic rings. The van der Waals surface area contributed by atoms with Gasteiger partial charge in [-0.05, 0) is 36.8 Å². The number of hydrogen-bond acceptors (Lipinski definition) is 3. The first kappa shape index (κ1) is 15.1. The number of aromatic nitrogens is 1. The molecule has 0 saturated carbocycles. The van der Waals surface area contributed by atoms with Crippen LogP contribution in [0.1, 0.15) is 12.5 Å². The summed E-state index contributed by atoms with van der Waals surface area (Å²) >= 11 is 0. The highest BCUT2D eigenvalue weighted by Crippen LogP contribution is 2.16. The lowest BCUT2D eigenvalue weighted by Gasteiger charge is -2.09. The van der Waals surface area contributed by atoms with E-state index in [0.717, 1.165) is 24.5 Å². The van der Waals surface area contributed by atoms with E-state index in [0.29, 0.717) is 0 Å². The summed E-state index contributed by atoms with van der Waals surface area (Å²) in [6.45, 7) is 3.90. The van der Waals surface area contributed by atoms with E-state index < -0.39 is 0 Å². The summed E-state index contributed by atoms with van der Waals surface area (Å²) < 4.78 is 6.93. The molecule has 0 saturated heterocycles. The molecular formula is C16H21N3O2. The molecule has 0 unspecified atom stereocenters. The molecule has 112 valence electrons. The van der Waals surface area contributed by atoms with Crippen molar-refractivity contribution in [1.82, 2.24) is 4.57 Å². The van der Waals surface area contributed by atoms with Gasteiger partial charge >= 0.3 is 0 Å². The smallest absolute Gasteiger partial charge is 0.250 e. The summed E-state index contributed by atoms with van der Waals surface area (Å²) in [6, 6.07) is 9.74. The van der Waals surface area contributed by atoms with Gasteiger partial charge < -0.3 is 19.9 Å². The third-order valence-electron chi connectivity index (χ3n) is 3.10. The van der Waals surface area contributed by atoms with Gasteiger partial charge in [0.2, 0.25) is 5.91 Å². The number of ether oxygens (including phenoxy) is 1. The first-order valence-corrected chi connectivity index (χ1v) is 6.98. The van der Waals surface area contributed by atoms with Crippen LogP contribution in [-0.2, 0) is 22.6 Å². The van der Waals surface area contributed by atoms with E-state index >= 15 is 0 Å². The van der Waals surface area contributed by atoms with Gasteiger partial charge in [0.05, 0.1) is 0 Å². The van der Waals surface area contributed by atoms with Gasteiger partial charge in [-0.1, -0.05) is 6.07 Å². The molecular weight excluding hydrogens is 266 g/mol. The van der Waals surface area contributed by atoms with Crippen molar-refractivity contribution in [3.63, 3.8) is 0 Å². The van der Waals surface area contributed by atoms with Crippen molar-refractivity contribution in [2.45, 2.75) is 20.0 Å². The zero-order valence-electron chi connectivity index (χ0n) is 12.4. The fraction of sp³-hybridized carbons (Fsp3) is 0.312. The van der Waals surface area contributed by atoms with E-state index in [1.54, 1.807) is 0 Å². The van der Waals surface area contributed by atoms with E-state index in [9.17, 15) is 4.79 Å². The monoisotopic (exact) mass is 287 g/mol. The van der Waals surface area contributed by atoms with E-state index in [4.69, 9.17) is 4.74 Å². The van der Waals surface area contributed by atoms with Crippen LogP contribution in [0.5, 0.6) is 0 Å². The van der Waals surface area contributed by atoms with Crippen molar-refractivity contribution in [2.75, 3.05) is 24.4 Å². The number of carbonyl (C=O) groups is 1. The van der Waals surface area contributed by atoms with Crippen molar-refractivity contribution in [3.05, 3.63) is 48.3 Å². The lowest BCUT2D eigenvalue weighted by atomic mass is 10.2. The van der Waals surface area contributed by atoms with Crippen LogP contribution in [0.2, 0.25) is 0 Å². The van der Waals surface area contributed by atoms with Crippen LogP contribution < -0.4 is 10.6 Å². The summed E-state index contributed by atoms with van der Waals surface area (Å²) in [4.78, 5) is 11.5.